The summed E-state index contributed by atoms with van der Waals surface area (Å²) in [7, 11) is 1.69. The standard InChI is InChI=1S/C26H38ClN5O/c1-33-21-9-11-24-23(19-21)26(22-10-8-20(27)18-25(22)31-24)30-14-4-7-17-32(15-5-2-12-28)16-6-3-13-29/h8-11,18-19H,2-7,12-17,28-29H2,1H3,(H,30,31). The van der Waals surface area contributed by atoms with Crippen LogP contribution in [-0.4, -0.2) is 56.3 Å². The number of benzene rings is 2. The van der Waals surface area contributed by atoms with Crippen LogP contribution in [0.3, 0.4) is 0 Å². The lowest BCUT2D eigenvalue weighted by Crippen LogP contribution is -2.28. The molecule has 0 spiro atoms. The smallest absolute Gasteiger partial charge is 0.119 e. The molecule has 7 heteroatoms. The summed E-state index contributed by atoms with van der Waals surface area (Å²) in [6.45, 7) is 5.78. The summed E-state index contributed by atoms with van der Waals surface area (Å²) < 4.78 is 5.46. The van der Waals surface area contributed by atoms with Crippen LogP contribution in [-0.2, 0) is 0 Å². The lowest BCUT2D eigenvalue weighted by molar-refractivity contribution is 0.259. The Bertz CT molecular complexity index is 1000. The zero-order chi connectivity index (χ0) is 23.5. The van der Waals surface area contributed by atoms with Crippen molar-refractivity contribution in [3.8, 4) is 5.75 Å². The van der Waals surface area contributed by atoms with Gasteiger partial charge in [-0.1, -0.05) is 11.6 Å². The van der Waals surface area contributed by atoms with Crippen LogP contribution in [0.2, 0.25) is 5.02 Å². The Labute approximate surface area is 202 Å². The number of hydrogen-bond donors (Lipinski definition) is 3. The number of rotatable bonds is 15. The normalized spacial score (nSPS) is 11.5. The maximum Gasteiger partial charge on any atom is 0.119 e. The first-order valence-corrected chi connectivity index (χ1v) is 12.5. The summed E-state index contributed by atoms with van der Waals surface area (Å²) in [6.07, 6.45) is 6.74. The van der Waals surface area contributed by atoms with E-state index < -0.39 is 0 Å². The van der Waals surface area contributed by atoms with Gasteiger partial charge in [0.1, 0.15) is 5.75 Å². The molecule has 0 aliphatic heterocycles. The maximum absolute atomic E-state index is 6.24. The molecule has 0 aliphatic rings. The fraction of sp³-hybridized carbons (Fsp3) is 0.500. The predicted octanol–water partition coefficient (Wildman–Crippen LogP) is 5.02. The Balaban J connectivity index is 1.65. The molecule has 0 bridgehead atoms. The van der Waals surface area contributed by atoms with Gasteiger partial charge in [-0.15, -0.1) is 0 Å². The van der Waals surface area contributed by atoms with Crippen LogP contribution in [0.25, 0.3) is 21.8 Å². The van der Waals surface area contributed by atoms with E-state index in [9.17, 15) is 0 Å². The van der Waals surface area contributed by atoms with Gasteiger partial charge in [-0.3, -0.25) is 0 Å². The summed E-state index contributed by atoms with van der Waals surface area (Å²) >= 11 is 6.24. The number of nitrogens with two attached hydrogens (primary N) is 2. The number of fused-ring (bicyclic) bond motifs is 2. The highest BCUT2D eigenvalue weighted by Gasteiger charge is 2.11. The number of ether oxygens (including phenoxy) is 1. The highest BCUT2D eigenvalue weighted by Crippen LogP contribution is 2.34. The number of halogens is 1. The average Bonchev–Trinajstić information content (AvgIpc) is 2.82. The molecule has 3 rings (SSSR count). The molecule has 180 valence electrons. The van der Waals surface area contributed by atoms with Gasteiger partial charge in [-0.25, -0.2) is 4.98 Å². The highest BCUT2D eigenvalue weighted by molar-refractivity contribution is 6.31. The van der Waals surface area contributed by atoms with Gasteiger partial charge in [0.15, 0.2) is 0 Å². The summed E-state index contributed by atoms with van der Waals surface area (Å²) in [5.74, 6) is 0.825. The second-order valence-electron chi connectivity index (χ2n) is 8.50. The van der Waals surface area contributed by atoms with E-state index in [1.165, 1.54) is 0 Å². The first-order chi connectivity index (χ1) is 16.2. The minimum Gasteiger partial charge on any atom is -0.497 e. The Morgan fingerprint density at radius 3 is 2.21 bits per heavy atom. The van der Waals surface area contributed by atoms with Gasteiger partial charge < -0.3 is 26.4 Å². The first kappa shape index (κ1) is 25.5. The van der Waals surface area contributed by atoms with Crippen molar-refractivity contribution in [3.63, 3.8) is 0 Å². The molecule has 1 heterocycles. The molecule has 5 N–H and O–H groups in total. The maximum atomic E-state index is 6.24. The molecule has 0 amide bonds. The fourth-order valence-electron chi connectivity index (χ4n) is 4.18. The van der Waals surface area contributed by atoms with Gasteiger partial charge in [0.25, 0.3) is 0 Å². The minimum absolute atomic E-state index is 0.693. The molecular formula is C26H38ClN5O. The Morgan fingerprint density at radius 1 is 0.848 bits per heavy atom. The highest BCUT2D eigenvalue weighted by atomic mass is 35.5. The van der Waals surface area contributed by atoms with Crippen LogP contribution in [0, 0.1) is 0 Å². The molecule has 3 aromatic rings. The number of pyridine rings is 1. The van der Waals surface area contributed by atoms with E-state index in [4.69, 9.17) is 32.8 Å². The topological polar surface area (TPSA) is 89.4 Å². The predicted molar refractivity (Wildman–Crippen MR) is 142 cm³/mol. The van der Waals surface area contributed by atoms with Crippen molar-refractivity contribution in [2.24, 2.45) is 11.5 Å². The summed E-state index contributed by atoms with van der Waals surface area (Å²) in [4.78, 5) is 7.37. The van der Waals surface area contributed by atoms with Crippen LogP contribution in [0.15, 0.2) is 36.4 Å². The monoisotopic (exact) mass is 471 g/mol. The largest absolute Gasteiger partial charge is 0.497 e. The number of nitrogens with zero attached hydrogens (tertiary/aromatic N) is 2. The Morgan fingerprint density at radius 2 is 1.55 bits per heavy atom. The van der Waals surface area contributed by atoms with Crippen molar-refractivity contribution in [2.75, 3.05) is 51.7 Å². The van der Waals surface area contributed by atoms with E-state index in [1.54, 1.807) is 7.11 Å². The molecule has 0 radical (unpaired) electrons. The van der Waals surface area contributed by atoms with Gasteiger partial charge >= 0.3 is 0 Å². The number of nitrogens with one attached hydrogen (secondary N) is 1. The van der Waals surface area contributed by atoms with Crippen molar-refractivity contribution in [1.29, 1.82) is 0 Å². The van der Waals surface area contributed by atoms with Crippen molar-refractivity contribution in [2.45, 2.75) is 38.5 Å². The van der Waals surface area contributed by atoms with Crippen LogP contribution in [0.4, 0.5) is 5.69 Å². The third-order valence-corrected chi connectivity index (χ3v) is 6.24. The molecular weight excluding hydrogens is 434 g/mol. The third-order valence-electron chi connectivity index (χ3n) is 6.00. The van der Waals surface area contributed by atoms with Crippen LogP contribution in [0.5, 0.6) is 5.75 Å². The van der Waals surface area contributed by atoms with E-state index in [-0.39, 0.29) is 0 Å². The quantitative estimate of drug-likeness (QED) is 0.213. The molecule has 1 aromatic heterocycles. The van der Waals surface area contributed by atoms with Crippen molar-refractivity contribution >= 4 is 39.1 Å². The van der Waals surface area contributed by atoms with Crippen molar-refractivity contribution in [3.05, 3.63) is 41.4 Å². The number of aromatic nitrogens is 1. The minimum atomic E-state index is 0.693. The van der Waals surface area contributed by atoms with E-state index in [0.29, 0.717) is 5.02 Å². The molecule has 0 aliphatic carbocycles. The van der Waals surface area contributed by atoms with Crippen molar-refractivity contribution < 1.29 is 4.74 Å². The zero-order valence-electron chi connectivity index (χ0n) is 19.8. The molecule has 0 fully saturated rings. The molecule has 0 unspecified atom stereocenters. The molecule has 0 atom stereocenters. The second kappa shape index (κ2) is 13.6. The average molecular weight is 472 g/mol. The number of hydrogen-bond acceptors (Lipinski definition) is 6. The number of unbranched alkanes of at least 4 members (excludes halogenated alkanes) is 3. The van der Waals surface area contributed by atoms with E-state index in [1.807, 2.05) is 30.3 Å². The van der Waals surface area contributed by atoms with Crippen LogP contribution < -0.4 is 21.5 Å². The molecule has 2 aromatic carbocycles. The Kier molecular flexibility index (Phi) is 10.5. The molecule has 0 saturated heterocycles. The lowest BCUT2D eigenvalue weighted by Gasteiger charge is -2.22. The van der Waals surface area contributed by atoms with Crippen molar-refractivity contribution in [1.82, 2.24) is 9.88 Å². The van der Waals surface area contributed by atoms with Crippen LogP contribution in [0.1, 0.15) is 38.5 Å². The Hall–Kier alpha value is -2.12. The second-order valence-corrected chi connectivity index (χ2v) is 8.93. The van der Waals surface area contributed by atoms with E-state index in [2.05, 4.69) is 16.3 Å². The van der Waals surface area contributed by atoms with Gasteiger partial charge in [0, 0.05) is 22.3 Å². The summed E-state index contributed by atoms with van der Waals surface area (Å²) in [5.41, 5.74) is 14.3. The SMILES string of the molecule is COc1ccc2nc3cc(Cl)ccc3c(NCCCCN(CCCCN)CCCCN)c2c1. The van der Waals surface area contributed by atoms with E-state index in [0.717, 1.165) is 111 Å². The van der Waals surface area contributed by atoms with Gasteiger partial charge in [-0.2, -0.15) is 0 Å². The van der Waals surface area contributed by atoms with Crippen LogP contribution >= 0.6 is 11.6 Å². The van der Waals surface area contributed by atoms with Gasteiger partial charge in [-0.05, 0) is 108 Å². The first-order valence-electron chi connectivity index (χ1n) is 12.1. The summed E-state index contributed by atoms with van der Waals surface area (Å²) in [5, 5.41) is 6.52. The fourth-order valence-corrected chi connectivity index (χ4v) is 4.35. The zero-order valence-corrected chi connectivity index (χ0v) is 20.5. The van der Waals surface area contributed by atoms with Gasteiger partial charge in [0.2, 0.25) is 0 Å². The lowest BCUT2D eigenvalue weighted by atomic mass is 10.1. The van der Waals surface area contributed by atoms with E-state index >= 15 is 0 Å². The summed E-state index contributed by atoms with van der Waals surface area (Å²) in [6, 6.07) is 11.9. The number of methoxy groups -OCH3 is 1. The molecule has 6 nitrogen and oxygen atoms in total. The molecule has 0 saturated carbocycles. The molecule has 33 heavy (non-hydrogen) atoms. The third kappa shape index (κ3) is 7.44. The van der Waals surface area contributed by atoms with Gasteiger partial charge in [0.05, 0.1) is 23.8 Å². The number of anilines is 1.